The molecule has 2 aromatic rings. The van der Waals surface area contributed by atoms with Crippen LogP contribution in [0.1, 0.15) is 15.9 Å². The maximum absolute atomic E-state index is 12.5. The third kappa shape index (κ3) is 4.97. The summed E-state index contributed by atoms with van der Waals surface area (Å²) < 4.78 is 10.2. The first-order valence-corrected chi connectivity index (χ1v) is 9.65. The van der Waals surface area contributed by atoms with Gasteiger partial charge in [-0.3, -0.25) is 19.3 Å². The largest absolute Gasteiger partial charge is 0.497 e. The van der Waals surface area contributed by atoms with Crippen molar-refractivity contribution in [3.8, 4) is 11.5 Å². The van der Waals surface area contributed by atoms with Crippen molar-refractivity contribution in [2.45, 2.75) is 0 Å². The molecule has 1 aliphatic rings. The van der Waals surface area contributed by atoms with Gasteiger partial charge in [0.2, 0.25) is 0 Å². The molecule has 0 unspecified atom stereocenters. The minimum Gasteiger partial charge on any atom is -0.497 e. The zero-order valence-electron chi connectivity index (χ0n) is 16.0. The third-order valence-electron chi connectivity index (χ3n) is 4.24. The van der Waals surface area contributed by atoms with Crippen LogP contribution in [-0.4, -0.2) is 49.3 Å². The Hall–Kier alpha value is -3.26. The number of methoxy groups -OCH3 is 2. The van der Waals surface area contributed by atoms with Gasteiger partial charge in [-0.25, -0.2) is 0 Å². The number of carbonyl (C=O) groups excluding carboxylic acids is 3. The van der Waals surface area contributed by atoms with Gasteiger partial charge in [0.05, 0.1) is 19.1 Å². The van der Waals surface area contributed by atoms with Gasteiger partial charge in [0, 0.05) is 18.7 Å². The smallest absolute Gasteiger partial charge is 0.293 e. The van der Waals surface area contributed by atoms with Crippen LogP contribution in [-0.2, 0) is 4.79 Å². The predicted molar refractivity (Wildman–Crippen MR) is 111 cm³/mol. The summed E-state index contributed by atoms with van der Waals surface area (Å²) in [6.45, 7) is 0.254. The van der Waals surface area contributed by atoms with E-state index in [1.54, 1.807) is 61.7 Å². The normalized spacial score (nSPS) is 15.0. The van der Waals surface area contributed by atoms with Gasteiger partial charge >= 0.3 is 0 Å². The van der Waals surface area contributed by atoms with Crippen molar-refractivity contribution in [1.29, 1.82) is 0 Å². The number of hydrogen-bond donors (Lipinski definition) is 1. The van der Waals surface area contributed by atoms with Crippen molar-refractivity contribution >= 4 is 34.9 Å². The first kappa shape index (κ1) is 20.5. The summed E-state index contributed by atoms with van der Waals surface area (Å²) in [5.74, 6) is 0.616. The lowest BCUT2D eigenvalue weighted by Crippen LogP contribution is -2.37. The fraction of sp³-hybridized carbons (Fsp3) is 0.190. The molecule has 8 heteroatoms. The number of nitrogens with one attached hydrogen (secondary N) is 1. The highest BCUT2D eigenvalue weighted by molar-refractivity contribution is 8.18. The maximum Gasteiger partial charge on any atom is 0.293 e. The minimum absolute atomic E-state index is 0.0975. The Morgan fingerprint density at radius 2 is 1.79 bits per heavy atom. The molecule has 2 aromatic carbocycles. The predicted octanol–water partition coefficient (Wildman–Crippen LogP) is 3.17. The number of ether oxygens (including phenoxy) is 2. The van der Waals surface area contributed by atoms with E-state index in [2.05, 4.69) is 5.32 Å². The zero-order chi connectivity index (χ0) is 20.8. The van der Waals surface area contributed by atoms with Crippen molar-refractivity contribution in [2.24, 2.45) is 0 Å². The van der Waals surface area contributed by atoms with Crippen molar-refractivity contribution < 1.29 is 23.9 Å². The van der Waals surface area contributed by atoms with Crippen molar-refractivity contribution in [1.82, 2.24) is 10.2 Å². The third-order valence-corrected chi connectivity index (χ3v) is 5.15. The molecule has 3 rings (SSSR count). The van der Waals surface area contributed by atoms with Crippen molar-refractivity contribution in [2.75, 3.05) is 27.3 Å². The van der Waals surface area contributed by atoms with Gasteiger partial charge < -0.3 is 14.8 Å². The highest BCUT2D eigenvalue weighted by atomic mass is 32.2. The summed E-state index contributed by atoms with van der Waals surface area (Å²) in [6.07, 6.45) is 1.67. The molecule has 1 heterocycles. The van der Waals surface area contributed by atoms with Gasteiger partial charge in [-0.2, -0.15) is 0 Å². The number of carbonyl (C=O) groups is 3. The summed E-state index contributed by atoms with van der Waals surface area (Å²) in [5, 5.41) is 2.36. The summed E-state index contributed by atoms with van der Waals surface area (Å²) in [6, 6.07) is 13.9. The van der Waals surface area contributed by atoms with Crippen LogP contribution in [0.2, 0.25) is 0 Å². The molecule has 0 aliphatic carbocycles. The lowest BCUT2D eigenvalue weighted by Gasteiger charge is -2.13. The van der Waals surface area contributed by atoms with E-state index in [0.29, 0.717) is 22.0 Å². The number of imide groups is 1. The Labute approximate surface area is 172 Å². The molecule has 7 nitrogen and oxygen atoms in total. The number of amides is 3. The molecule has 1 aliphatic heterocycles. The van der Waals surface area contributed by atoms with Gasteiger partial charge in [0.1, 0.15) is 11.5 Å². The van der Waals surface area contributed by atoms with Crippen molar-refractivity contribution in [3.05, 3.63) is 64.6 Å². The SMILES string of the molecule is COc1ccc(/C=C2/SC(=O)N(CCNC(=O)c3cccc(OC)c3)C2=O)cc1. The quantitative estimate of drug-likeness (QED) is 0.703. The average molecular weight is 412 g/mol. The Balaban J connectivity index is 1.58. The molecular formula is C21H20N2O5S. The Bertz CT molecular complexity index is 956. The molecular weight excluding hydrogens is 392 g/mol. The number of hydrogen-bond acceptors (Lipinski definition) is 6. The van der Waals surface area contributed by atoms with Gasteiger partial charge in [-0.05, 0) is 53.7 Å². The molecule has 0 atom stereocenters. The number of benzene rings is 2. The maximum atomic E-state index is 12.5. The van der Waals surface area contributed by atoms with Crippen LogP contribution >= 0.6 is 11.8 Å². The van der Waals surface area contributed by atoms with Crippen LogP contribution in [0.4, 0.5) is 4.79 Å². The van der Waals surface area contributed by atoms with Crippen LogP contribution < -0.4 is 14.8 Å². The molecule has 1 fully saturated rings. The topological polar surface area (TPSA) is 84.9 Å². The lowest BCUT2D eigenvalue weighted by atomic mass is 10.2. The molecule has 1 N–H and O–H groups in total. The molecule has 29 heavy (non-hydrogen) atoms. The van der Waals surface area contributed by atoms with Gasteiger partial charge in [-0.1, -0.05) is 18.2 Å². The summed E-state index contributed by atoms with van der Waals surface area (Å²) >= 11 is 0.885. The summed E-state index contributed by atoms with van der Waals surface area (Å²) in [7, 11) is 3.10. The fourth-order valence-corrected chi connectivity index (χ4v) is 3.56. The standard InChI is InChI=1S/C21H20N2O5S/c1-27-16-8-6-14(7-9-16)12-18-20(25)23(21(26)29-18)11-10-22-19(24)15-4-3-5-17(13-15)28-2/h3-9,12-13H,10-11H2,1-2H3,(H,22,24)/b18-12+. The Morgan fingerprint density at radius 1 is 1.07 bits per heavy atom. The Morgan fingerprint density at radius 3 is 2.48 bits per heavy atom. The van der Waals surface area contributed by atoms with E-state index in [-0.39, 0.29) is 30.1 Å². The number of rotatable bonds is 7. The van der Waals surface area contributed by atoms with Crippen molar-refractivity contribution in [3.63, 3.8) is 0 Å². The first-order valence-electron chi connectivity index (χ1n) is 8.83. The number of nitrogens with zero attached hydrogens (tertiary/aromatic N) is 1. The molecule has 0 bridgehead atoms. The monoisotopic (exact) mass is 412 g/mol. The zero-order valence-corrected chi connectivity index (χ0v) is 16.8. The first-order chi connectivity index (χ1) is 14.0. The Kier molecular flexibility index (Phi) is 6.56. The highest BCUT2D eigenvalue weighted by Gasteiger charge is 2.34. The summed E-state index contributed by atoms with van der Waals surface area (Å²) in [5.41, 5.74) is 1.24. The molecule has 3 amide bonds. The second-order valence-corrected chi connectivity index (χ2v) is 7.09. The second kappa shape index (κ2) is 9.29. The van der Waals surface area contributed by atoms with Gasteiger partial charge in [0.25, 0.3) is 17.1 Å². The van der Waals surface area contributed by atoms with E-state index >= 15 is 0 Å². The lowest BCUT2D eigenvalue weighted by molar-refractivity contribution is -0.122. The van der Waals surface area contributed by atoms with Gasteiger partial charge in [0.15, 0.2) is 0 Å². The highest BCUT2D eigenvalue weighted by Crippen LogP contribution is 2.32. The van der Waals surface area contributed by atoms with E-state index in [1.807, 2.05) is 0 Å². The van der Waals surface area contributed by atoms with E-state index < -0.39 is 0 Å². The van der Waals surface area contributed by atoms with E-state index in [4.69, 9.17) is 9.47 Å². The molecule has 0 radical (unpaired) electrons. The van der Waals surface area contributed by atoms with Crippen LogP contribution in [0.5, 0.6) is 11.5 Å². The molecule has 0 spiro atoms. The van der Waals surface area contributed by atoms with E-state index in [9.17, 15) is 14.4 Å². The minimum atomic E-state index is -0.369. The van der Waals surface area contributed by atoms with Crippen LogP contribution in [0.3, 0.4) is 0 Å². The average Bonchev–Trinajstić information content (AvgIpc) is 3.01. The van der Waals surface area contributed by atoms with Crippen LogP contribution in [0.25, 0.3) is 6.08 Å². The fourth-order valence-electron chi connectivity index (χ4n) is 2.69. The van der Waals surface area contributed by atoms with Crippen LogP contribution in [0, 0.1) is 0 Å². The summed E-state index contributed by atoms with van der Waals surface area (Å²) in [4.78, 5) is 38.4. The molecule has 0 aromatic heterocycles. The van der Waals surface area contributed by atoms with E-state index in [1.165, 1.54) is 7.11 Å². The molecule has 1 saturated heterocycles. The molecule has 0 saturated carbocycles. The van der Waals surface area contributed by atoms with E-state index in [0.717, 1.165) is 22.2 Å². The van der Waals surface area contributed by atoms with Crippen LogP contribution in [0.15, 0.2) is 53.4 Å². The number of thioether (sulfide) groups is 1. The second-order valence-electron chi connectivity index (χ2n) is 6.09. The molecule has 150 valence electrons. The van der Waals surface area contributed by atoms with Gasteiger partial charge in [-0.15, -0.1) is 0 Å².